The van der Waals surface area contributed by atoms with Crippen molar-refractivity contribution in [2.24, 2.45) is 0 Å². The number of phenolic OH excluding ortho intramolecular Hbond substituents is 1. The lowest BCUT2D eigenvalue weighted by Crippen LogP contribution is -2.01. The van der Waals surface area contributed by atoms with Gasteiger partial charge in [-0.1, -0.05) is 27.5 Å². The van der Waals surface area contributed by atoms with Crippen molar-refractivity contribution >= 4 is 33.2 Å². The minimum absolute atomic E-state index is 0.00887. The van der Waals surface area contributed by atoms with Crippen molar-refractivity contribution in [3.8, 4) is 17.2 Å². The van der Waals surface area contributed by atoms with Crippen LogP contribution in [0.1, 0.15) is 5.56 Å². The van der Waals surface area contributed by atoms with E-state index in [-0.39, 0.29) is 5.75 Å². The zero-order chi connectivity index (χ0) is 15.4. The zero-order valence-electron chi connectivity index (χ0n) is 11.6. The van der Waals surface area contributed by atoms with Gasteiger partial charge in [-0.2, -0.15) is 0 Å². The molecule has 4 nitrogen and oxygen atoms in total. The maximum Gasteiger partial charge on any atom is 0.200 e. The number of rotatable bonds is 5. The van der Waals surface area contributed by atoms with Crippen LogP contribution in [0.4, 0.5) is 5.69 Å². The summed E-state index contributed by atoms with van der Waals surface area (Å²) in [4.78, 5) is 0. The Morgan fingerprint density at radius 3 is 2.29 bits per heavy atom. The molecule has 2 aromatic carbocycles. The number of ether oxygens (including phenoxy) is 2. The molecule has 0 unspecified atom stereocenters. The number of halogens is 2. The molecule has 0 heterocycles. The fraction of sp³-hybridized carbons (Fsp3) is 0.200. The summed E-state index contributed by atoms with van der Waals surface area (Å²) in [5, 5.41) is 13.7. The average molecular weight is 373 g/mol. The van der Waals surface area contributed by atoms with Crippen LogP contribution >= 0.6 is 27.5 Å². The van der Waals surface area contributed by atoms with Crippen molar-refractivity contribution in [2.75, 3.05) is 19.5 Å². The normalized spacial score (nSPS) is 10.3. The van der Waals surface area contributed by atoms with Crippen LogP contribution in [0.2, 0.25) is 5.02 Å². The van der Waals surface area contributed by atoms with E-state index in [1.165, 1.54) is 14.2 Å². The molecule has 0 aliphatic heterocycles. The van der Waals surface area contributed by atoms with Gasteiger partial charge in [0.2, 0.25) is 5.75 Å². The Bertz CT molecular complexity index is 624. The second-order valence-electron chi connectivity index (χ2n) is 4.33. The first-order valence-corrected chi connectivity index (χ1v) is 7.35. The van der Waals surface area contributed by atoms with Crippen molar-refractivity contribution in [3.63, 3.8) is 0 Å². The van der Waals surface area contributed by atoms with Gasteiger partial charge in [-0.25, -0.2) is 0 Å². The van der Waals surface area contributed by atoms with Crippen LogP contribution in [-0.4, -0.2) is 19.3 Å². The van der Waals surface area contributed by atoms with E-state index in [9.17, 15) is 5.11 Å². The number of hydrogen-bond donors (Lipinski definition) is 2. The first kappa shape index (κ1) is 15.8. The Kier molecular flexibility index (Phi) is 5.20. The van der Waals surface area contributed by atoms with Crippen molar-refractivity contribution in [1.82, 2.24) is 0 Å². The molecule has 112 valence electrons. The lowest BCUT2D eigenvalue weighted by Gasteiger charge is -2.13. The van der Waals surface area contributed by atoms with Crippen molar-refractivity contribution in [3.05, 3.63) is 45.4 Å². The monoisotopic (exact) mass is 371 g/mol. The highest BCUT2D eigenvalue weighted by Gasteiger charge is 2.11. The van der Waals surface area contributed by atoms with E-state index < -0.39 is 0 Å². The molecule has 0 fully saturated rings. The Balaban J connectivity index is 2.19. The lowest BCUT2D eigenvalue weighted by atomic mass is 10.1. The number of benzene rings is 2. The SMILES string of the molecule is COc1cc(CNc2ccc(Br)cc2Cl)cc(OC)c1O. The van der Waals surface area contributed by atoms with Crippen LogP contribution in [0.25, 0.3) is 0 Å². The molecule has 6 heteroatoms. The third-order valence-corrected chi connectivity index (χ3v) is 3.76. The van der Waals surface area contributed by atoms with E-state index in [0.717, 1.165) is 15.7 Å². The van der Waals surface area contributed by atoms with E-state index in [0.29, 0.717) is 23.1 Å². The van der Waals surface area contributed by atoms with E-state index in [1.807, 2.05) is 18.2 Å². The second-order valence-corrected chi connectivity index (χ2v) is 5.65. The summed E-state index contributed by atoms with van der Waals surface area (Å²) in [6.07, 6.45) is 0. The number of nitrogens with one attached hydrogen (secondary N) is 1. The Labute approximate surface area is 136 Å². The van der Waals surface area contributed by atoms with Crippen LogP contribution in [0, 0.1) is 0 Å². The van der Waals surface area contributed by atoms with E-state index in [1.54, 1.807) is 12.1 Å². The predicted molar refractivity (Wildman–Crippen MR) is 87.7 cm³/mol. The zero-order valence-corrected chi connectivity index (χ0v) is 14.0. The number of phenols is 1. The minimum Gasteiger partial charge on any atom is -0.502 e. The molecule has 0 amide bonds. The van der Waals surface area contributed by atoms with Gasteiger partial charge in [0.25, 0.3) is 0 Å². The Hall–Kier alpha value is -1.59. The summed E-state index contributed by atoms with van der Waals surface area (Å²) in [6, 6.07) is 9.12. The van der Waals surface area contributed by atoms with Crippen LogP contribution < -0.4 is 14.8 Å². The first-order chi connectivity index (χ1) is 10.0. The fourth-order valence-electron chi connectivity index (χ4n) is 1.88. The van der Waals surface area contributed by atoms with Gasteiger partial charge in [0, 0.05) is 11.0 Å². The van der Waals surface area contributed by atoms with E-state index in [2.05, 4.69) is 21.2 Å². The molecule has 2 aromatic rings. The van der Waals surface area contributed by atoms with Crippen molar-refractivity contribution < 1.29 is 14.6 Å². The summed E-state index contributed by atoms with van der Waals surface area (Å²) >= 11 is 9.52. The number of anilines is 1. The molecule has 0 atom stereocenters. The topological polar surface area (TPSA) is 50.7 Å². The summed E-state index contributed by atoms with van der Waals surface area (Å²) in [5.41, 5.74) is 1.73. The quantitative estimate of drug-likeness (QED) is 0.815. The summed E-state index contributed by atoms with van der Waals surface area (Å²) in [6.45, 7) is 0.522. The van der Waals surface area contributed by atoms with Crippen LogP contribution in [0.15, 0.2) is 34.8 Å². The molecule has 0 saturated carbocycles. The molecule has 0 spiro atoms. The lowest BCUT2D eigenvalue weighted by molar-refractivity contribution is 0.339. The van der Waals surface area contributed by atoms with Crippen LogP contribution in [-0.2, 0) is 6.54 Å². The number of aromatic hydroxyl groups is 1. The number of hydrogen-bond acceptors (Lipinski definition) is 4. The van der Waals surface area contributed by atoms with Crippen LogP contribution in [0.3, 0.4) is 0 Å². The molecule has 0 aliphatic rings. The van der Waals surface area contributed by atoms with Crippen molar-refractivity contribution in [2.45, 2.75) is 6.54 Å². The Morgan fingerprint density at radius 2 is 1.76 bits per heavy atom. The maximum absolute atomic E-state index is 9.88. The van der Waals surface area contributed by atoms with Gasteiger partial charge in [0.1, 0.15) is 0 Å². The molecular formula is C15H15BrClNO3. The Morgan fingerprint density at radius 1 is 1.14 bits per heavy atom. The minimum atomic E-state index is -0.00887. The largest absolute Gasteiger partial charge is 0.502 e. The summed E-state index contributed by atoms with van der Waals surface area (Å²) < 4.78 is 11.2. The van der Waals surface area contributed by atoms with Gasteiger partial charge >= 0.3 is 0 Å². The first-order valence-electron chi connectivity index (χ1n) is 6.18. The van der Waals surface area contributed by atoms with E-state index >= 15 is 0 Å². The molecule has 0 bridgehead atoms. The third-order valence-electron chi connectivity index (χ3n) is 2.95. The fourth-order valence-corrected chi connectivity index (χ4v) is 2.62. The van der Waals surface area contributed by atoms with Crippen molar-refractivity contribution in [1.29, 1.82) is 0 Å². The van der Waals surface area contributed by atoms with Gasteiger partial charge in [-0.15, -0.1) is 0 Å². The maximum atomic E-state index is 9.88. The third kappa shape index (κ3) is 3.74. The molecule has 0 aliphatic carbocycles. The smallest absolute Gasteiger partial charge is 0.200 e. The van der Waals surface area contributed by atoms with Gasteiger partial charge in [0.05, 0.1) is 24.9 Å². The molecule has 2 N–H and O–H groups in total. The highest BCUT2D eigenvalue weighted by atomic mass is 79.9. The highest BCUT2D eigenvalue weighted by Crippen LogP contribution is 2.37. The van der Waals surface area contributed by atoms with Gasteiger partial charge in [0.15, 0.2) is 11.5 Å². The molecule has 0 radical (unpaired) electrons. The highest BCUT2D eigenvalue weighted by molar-refractivity contribution is 9.10. The van der Waals surface area contributed by atoms with Crippen LogP contribution in [0.5, 0.6) is 17.2 Å². The number of methoxy groups -OCH3 is 2. The molecule has 2 rings (SSSR count). The molecular weight excluding hydrogens is 358 g/mol. The second kappa shape index (κ2) is 6.91. The molecule has 0 saturated heterocycles. The molecule has 0 aromatic heterocycles. The van der Waals surface area contributed by atoms with Gasteiger partial charge < -0.3 is 19.9 Å². The van der Waals surface area contributed by atoms with Gasteiger partial charge in [-0.05, 0) is 35.9 Å². The predicted octanol–water partition coefficient (Wildman–Crippen LogP) is 4.44. The van der Waals surface area contributed by atoms with E-state index in [4.69, 9.17) is 21.1 Å². The summed E-state index contributed by atoms with van der Waals surface area (Å²) in [5.74, 6) is 0.728. The van der Waals surface area contributed by atoms with Gasteiger partial charge in [-0.3, -0.25) is 0 Å². The summed E-state index contributed by atoms with van der Waals surface area (Å²) in [7, 11) is 2.99. The standard InChI is InChI=1S/C15H15BrClNO3/c1-20-13-5-9(6-14(21-2)15(13)19)8-18-12-4-3-10(16)7-11(12)17/h3-7,18-19H,8H2,1-2H3. The average Bonchev–Trinajstić information content (AvgIpc) is 2.47. The molecule has 21 heavy (non-hydrogen) atoms.